The minimum absolute atomic E-state index is 0.843. The molecule has 0 saturated heterocycles. The molecule has 0 aromatic heterocycles. The molecule has 3 aromatic carbocycles. The molecule has 1 nitrogen and oxygen atoms in total. The maximum Gasteiger partial charge on any atom is 0.0473 e. The maximum absolute atomic E-state index is 6.45. The first-order valence-corrected chi connectivity index (χ1v) is 7.18. The lowest BCUT2D eigenvalue weighted by Crippen LogP contribution is -1.95. The number of rotatable bonds is 2. The molecule has 0 fully saturated rings. The van der Waals surface area contributed by atoms with Crippen LogP contribution in [0, 0.1) is 13.8 Å². The highest BCUT2D eigenvalue weighted by atomic mass is 14.6. The monoisotopic (exact) mass is 273 g/mol. The Balaban J connectivity index is 2.19. The van der Waals surface area contributed by atoms with E-state index in [1.54, 1.807) is 0 Å². The molecule has 0 bridgehead atoms. The molecule has 3 aromatic rings. The minimum atomic E-state index is 0.843. The number of anilines is 1. The molecular weight excluding hydrogens is 254 g/mol. The van der Waals surface area contributed by atoms with E-state index in [1.165, 1.54) is 16.7 Å². The van der Waals surface area contributed by atoms with Crippen LogP contribution in [0.3, 0.4) is 0 Å². The summed E-state index contributed by atoms with van der Waals surface area (Å²) in [7, 11) is 0. The summed E-state index contributed by atoms with van der Waals surface area (Å²) in [6.07, 6.45) is 0. The van der Waals surface area contributed by atoms with Crippen molar-refractivity contribution in [1.82, 2.24) is 0 Å². The zero-order valence-electron chi connectivity index (χ0n) is 12.4. The predicted octanol–water partition coefficient (Wildman–Crippen LogP) is 5.22. The molecule has 0 aliphatic rings. The van der Waals surface area contributed by atoms with Crippen LogP contribution in [0.2, 0.25) is 0 Å². The van der Waals surface area contributed by atoms with E-state index in [0.717, 1.165) is 22.4 Å². The molecule has 0 spiro atoms. The van der Waals surface area contributed by atoms with Gasteiger partial charge in [-0.05, 0) is 42.7 Å². The van der Waals surface area contributed by atoms with Gasteiger partial charge in [-0.1, -0.05) is 60.2 Å². The van der Waals surface area contributed by atoms with Crippen LogP contribution in [0.5, 0.6) is 0 Å². The third kappa shape index (κ3) is 2.68. The molecule has 0 heterocycles. The summed E-state index contributed by atoms with van der Waals surface area (Å²) in [5.41, 5.74) is 14.3. The third-order valence-corrected chi connectivity index (χ3v) is 3.77. The second-order valence-electron chi connectivity index (χ2n) is 5.51. The van der Waals surface area contributed by atoms with Crippen molar-refractivity contribution in [1.29, 1.82) is 0 Å². The van der Waals surface area contributed by atoms with E-state index >= 15 is 0 Å². The van der Waals surface area contributed by atoms with E-state index in [4.69, 9.17) is 5.73 Å². The van der Waals surface area contributed by atoms with Crippen LogP contribution in [0.25, 0.3) is 22.3 Å². The van der Waals surface area contributed by atoms with Gasteiger partial charge in [0.2, 0.25) is 0 Å². The van der Waals surface area contributed by atoms with Gasteiger partial charge < -0.3 is 5.73 Å². The summed E-state index contributed by atoms with van der Waals surface area (Å²) in [5, 5.41) is 0. The van der Waals surface area contributed by atoms with Gasteiger partial charge in [-0.2, -0.15) is 0 Å². The molecule has 0 atom stereocenters. The lowest BCUT2D eigenvalue weighted by atomic mass is 9.94. The number of aryl methyl sites for hydroxylation is 2. The summed E-state index contributed by atoms with van der Waals surface area (Å²) in [6, 6.07) is 23.1. The Hall–Kier alpha value is -2.54. The highest BCUT2D eigenvalue weighted by molar-refractivity contribution is 5.89. The van der Waals surface area contributed by atoms with Crippen LogP contribution < -0.4 is 5.73 Å². The lowest BCUT2D eigenvalue weighted by Gasteiger charge is -2.13. The van der Waals surface area contributed by atoms with Crippen molar-refractivity contribution in [2.45, 2.75) is 13.8 Å². The number of nitrogens with two attached hydrogens (primary N) is 1. The SMILES string of the molecule is Cc1ccc(-c2cc(C)cc(-c3ccccc3)c2N)cc1. The van der Waals surface area contributed by atoms with Crippen molar-refractivity contribution in [2.24, 2.45) is 0 Å². The molecule has 0 aliphatic carbocycles. The summed E-state index contributed by atoms with van der Waals surface area (Å²) in [6.45, 7) is 4.21. The molecule has 0 radical (unpaired) electrons. The average Bonchev–Trinajstić information content (AvgIpc) is 2.51. The van der Waals surface area contributed by atoms with Crippen LogP contribution in [0.15, 0.2) is 66.7 Å². The fraction of sp³-hybridized carbons (Fsp3) is 0.100. The highest BCUT2D eigenvalue weighted by Crippen LogP contribution is 2.36. The first kappa shape index (κ1) is 13.4. The Morgan fingerprint density at radius 1 is 0.619 bits per heavy atom. The van der Waals surface area contributed by atoms with Gasteiger partial charge in [-0.15, -0.1) is 0 Å². The van der Waals surface area contributed by atoms with Gasteiger partial charge in [0.1, 0.15) is 0 Å². The molecule has 0 unspecified atom stereocenters. The van der Waals surface area contributed by atoms with Gasteiger partial charge in [0.25, 0.3) is 0 Å². The zero-order chi connectivity index (χ0) is 14.8. The largest absolute Gasteiger partial charge is 0.398 e. The number of nitrogen functional groups attached to an aromatic ring is 1. The van der Waals surface area contributed by atoms with Crippen molar-refractivity contribution >= 4 is 5.69 Å². The van der Waals surface area contributed by atoms with Gasteiger partial charge >= 0.3 is 0 Å². The lowest BCUT2D eigenvalue weighted by molar-refractivity contribution is 1.44. The molecule has 21 heavy (non-hydrogen) atoms. The predicted molar refractivity (Wildman–Crippen MR) is 91.2 cm³/mol. The van der Waals surface area contributed by atoms with E-state index in [2.05, 4.69) is 62.4 Å². The number of hydrogen-bond donors (Lipinski definition) is 1. The summed E-state index contributed by atoms with van der Waals surface area (Å²) >= 11 is 0. The molecule has 0 aliphatic heterocycles. The quantitative estimate of drug-likeness (QED) is 0.636. The van der Waals surface area contributed by atoms with Gasteiger partial charge in [0.05, 0.1) is 0 Å². The Morgan fingerprint density at radius 3 is 1.71 bits per heavy atom. The van der Waals surface area contributed by atoms with Crippen molar-refractivity contribution < 1.29 is 0 Å². The standard InChI is InChI=1S/C20H19N/c1-14-8-10-17(11-9-14)19-13-15(2)12-18(20(19)21)16-6-4-3-5-7-16/h3-13H,21H2,1-2H3. The number of benzene rings is 3. The molecule has 0 amide bonds. The van der Waals surface area contributed by atoms with Crippen LogP contribution >= 0.6 is 0 Å². The molecular formula is C20H19N. The van der Waals surface area contributed by atoms with Crippen LogP contribution in [0.4, 0.5) is 5.69 Å². The van der Waals surface area contributed by atoms with E-state index < -0.39 is 0 Å². The van der Waals surface area contributed by atoms with Crippen molar-refractivity contribution in [3.8, 4) is 22.3 Å². The van der Waals surface area contributed by atoms with Crippen molar-refractivity contribution in [2.75, 3.05) is 5.73 Å². The number of hydrogen-bond acceptors (Lipinski definition) is 1. The first-order chi connectivity index (χ1) is 10.1. The van der Waals surface area contributed by atoms with Gasteiger partial charge in [-0.25, -0.2) is 0 Å². The van der Waals surface area contributed by atoms with Gasteiger partial charge in [-0.3, -0.25) is 0 Å². The van der Waals surface area contributed by atoms with E-state index in [0.29, 0.717) is 0 Å². The first-order valence-electron chi connectivity index (χ1n) is 7.18. The van der Waals surface area contributed by atoms with Crippen LogP contribution in [-0.2, 0) is 0 Å². The minimum Gasteiger partial charge on any atom is -0.398 e. The van der Waals surface area contributed by atoms with E-state index in [1.807, 2.05) is 18.2 Å². The second kappa shape index (κ2) is 5.45. The molecule has 0 saturated carbocycles. The highest BCUT2D eigenvalue weighted by Gasteiger charge is 2.10. The Morgan fingerprint density at radius 2 is 1.14 bits per heavy atom. The Kier molecular flexibility index (Phi) is 3.49. The van der Waals surface area contributed by atoms with Gasteiger partial charge in [0, 0.05) is 16.8 Å². The van der Waals surface area contributed by atoms with E-state index in [-0.39, 0.29) is 0 Å². The van der Waals surface area contributed by atoms with Crippen LogP contribution in [0.1, 0.15) is 11.1 Å². The molecule has 3 rings (SSSR count). The summed E-state index contributed by atoms with van der Waals surface area (Å²) in [5.74, 6) is 0. The van der Waals surface area contributed by atoms with E-state index in [9.17, 15) is 0 Å². The normalized spacial score (nSPS) is 10.6. The Labute approximate surface area is 126 Å². The Bertz CT molecular complexity index is 756. The maximum atomic E-state index is 6.45. The topological polar surface area (TPSA) is 26.0 Å². The van der Waals surface area contributed by atoms with Gasteiger partial charge in [0.15, 0.2) is 0 Å². The van der Waals surface area contributed by atoms with Crippen molar-refractivity contribution in [3.05, 3.63) is 77.9 Å². The third-order valence-electron chi connectivity index (χ3n) is 3.77. The summed E-state index contributed by atoms with van der Waals surface area (Å²) in [4.78, 5) is 0. The molecule has 1 heteroatoms. The fourth-order valence-electron chi connectivity index (χ4n) is 2.63. The second-order valence-corrected chi connectivity index (χ2v) is 5.51. The average molecular weight is 273 g/mol. The summed E-state index contributed by atoms with van der Waals surface area (Å²) < 4.78 is 0. The van der Waals surface area contributed by atoms with Crippen LogP contribution in [-0.4, -0.2) is 0 Å². The molecule has 104 valence electrons. The molecule has 2 N–H and O–H groups in total. The fourth-order valence-corrected chi connectivity index (χ4v) is 2.63. The van der Waals surface area contributed by atoms with Crippen molar-refractivity contribution in [3.63, 3.8) is 0 Å². The smallest absolute Gasteiger partial charge is 0.0473 e. The zero-order valence-corrected chi connectivity index (χ0v) is 12.4.